The van der Waals surface area contributed by atoms with Crippen molar-refractivity contribution in [3.63, 3.8) is 0 Å². The third-order valence-electron chi connectivity index (χ3n) is 9.68. The van der Waals surface area contributed by atoms with E-state index < -0.39 is 34.9 Å². The van der Waals surface area contributed by atoms with Gasteiger partial charge in [0.15, 0.2) is 34.9 Å². The number of hydrogen-bond acceptors (Lipinski definition) is 2. The average Bonchev–Trinajstić information content (AvgIpc) is 3.25. The van der Waals surface area contributed by atoms with Crippen molar-refractivity contribution in [2.45, 2.75) is 13.1 Å². The van der Waals surface area contributed by atoms with E-state index in [2.05, 4.69) is 0 Å². The van der Waals surface area contributed by atoms with Crippen molar-refractivity contribution in [2.75, 3.05) is 40.5 Å². The summed E-state index contributed by atoms with van der Waals surface area (Å²) < 4.78 is 99.6. The fourth-order valence-electron chi connectivity index (χ4n) is 7.34. The SMILES string of the molecule is COCC[N+]1(CCOC)Cc2c(-c3cc(F)c(F)c(F)c3)cc3ccccc3c2-c2c(c(-c3cc(F)c(F)c(F)c3)cc3ccccc23)C1. The second-order valence-corrected chi connectivity index (χ2v) is 12.6. The average molecular weight is 673 g/mol. The molecule has 0 radical (unpaired) electrons. The fourth-order valence-corrected chi connectivity index (χ4v) is 7.34. The molecule has 0 bridgehead atoms. The van der Waals surface area contributed by atoms with Crippen LogP contribution in [-0.2, 0) is 22.6 Å². The standard InChI is InChI=1S/C40H32F6NO2/c1-48-13-11-47(12-14-49-2)21-31-29(25-17-33(41)39(45)34(42)18-25)15-23-7-3-5-9-27(23)37(31)38-28-10-6-4-8-24(28)16-30(32(38)22-47)26-19-35(43)40(46)36(44)20-26/h3-10,15-20H,11-14,21-22H2,1-2H3/q+1. The molecular weight excluding hydrogens is 640 g/mol. The molecule has 0 aromatic heterocycles. The summed E-state index contributed by atoms with van der Waals surface area (Å²) in [6, 6.07) is 23.0. The van der Waals surface area contributed by atoms with Crippen LogP contribution in [0.1, 0.15) is 11.1 Å². The Bertz CT molecular complexity index is 2050. The maximum absolute atomic E-state index is 14.9. The zero-order valence-electron chi connectivity index (χ0n) is 26.9. The lowest BCUT2D eigenvalue weighted by atomic mass is 9.82. The fraction of sp³-hybridized carbons (Fsp3) is 0.200. The Labute approximate surface area is 279 Å². The van der Waals surface area contributed by atoms with Gasteiger partial charge in [-0.25, -0.2) is 26.3 Å². The van der Waals surface area contributed by atoms with Gasteiger partial charge >= 0.3 is 0 Å². The Morgan fingerprint density at radius 1 is 0.531 bits per heavy atom. The Hall–Kier alpha value is -4.70. The molecule has 0 unspecified atom stereocenters. The summed E-state index contributed by atoms with van der Waals surface area (Å²) in [7, 11) is 3.19. The second-order valence-electron chi connectivity index (χ2n) is 12.6. The van der Waals surface area contributed by atoms with E-state index in [4.69, 9.17) is 9.47 Å². The second kappa shape index (κ2) is 13.0. The molecule has 0 spiro atoms. The molecule has 0 atom stereocenters. The quantitative estimate of drug-likeness (QED) is 0.0911. The van der Waals surface area contributed by atoms with Crippen molar-refractivity contribution in [3.05, 3.63) is 131 Å². The summed E-state index contributed by atoms with van der Waals surface area (Å²) >= 11 is 0. The molecule has 49 heavy (non-hydrogen) atoms. The first kappa shape index (κ1) is 32.8. The third-order valence-corrected chi connectivity index (χ3v) is 9.68. The molecule has 0 saturated heterocycles. The predicted molar refractivity (Wildman–Crippen MR) is 179 cm³/mol. The van der Waals surface area contributed by atoms with Gasteiger partial charge in [0.25, 0.3) is 0 Å². The molecule has 6 aromatic rings. The van der Waals surface area contributed by atoms with E-state index in [1.54, 1.807) is 14.2 Å². The minimum Gasteiger partial charge on any atom is -0.379 e. The van der Waals surface area contributed by atoms with Gasteiger partial charge in [-0.2, -0.15) is 0 Å². The third kappa shape index (κ3) is 5.75. The molecule has 0 aliphatic carbocycles. The number of nitrogens with zero attached hydrogens (tertiary/aromatic N) is 1. The van der Waals surface area contributed by atoms with Crippen LogP contribution in [0, 0.1) is 34.9 Å². The minimum atomic E-state index is -1.55. The lowest BCUT2D eigenvalue weighted by molar-refractivity contribution is -0.953. The highest BCUT2D eigenvalue weighted by Crippen LogP contribution is 2.50. The van der Waals surface area contributed by atoms with E-state index in [1.807, 2.05) is 60.7 Å². The first-order valence-corrected chi connectivity index (χ1v) is 15.9. The van der Waals surface area contributed by atoms with Crippen LogP contribution in [0.2, 0.25) is 0 Å². The zero-order chi connectivity index (χ0) is 34.4. The van der Waals surface area contributed by atoms with Gasteiger partial charge in [0.05, 0.1) is 13.2 Å². The summed E-state index contributed by atoms with van der Waals surface area (Å²) in [5.41, 5.74) is 4.45. The van der Waals surface area contributed by atoms with Crippen LogP contribution in [0.3, 0.4) is 0 Å². The molecule has 7 rings (SSSR count). The maximum atomic E-state index is 14.9. The van der Waals surface area contributed by atoms with Crippen LogP contribution in [0.25, 0.3) is 54.9 Å². The highest BCUT2D eigenvalue weighted by molar-refractivity contribution is 6.11. The Kier molecular flexibility index (Phi) is 8.69. The first-order chi connectivity index (χ1) is 23.6. The molecule has 9 heteroatoms. The lowest BCUT2D eigenvalue weighted by Crippen LogP contribution is -2.50. The molecule has 1 aliphatic heterocycles. The number of hydrogen-bond donors (Lipinski definition) is 0. The Morgan fingerprint density at radius 2 is 0.898 bits per heavy atom. The van der Waals surface area contributed by atoms with Crippen LogP contribution in [0.4, 0.5) is 26.3 Å². The number of quaternary nitrogens is 1. The van der Waals surface area contributed by atoms with Crippen molar-refractivity contribution in [1.82, 2.24) is 0 Å². The molecule has 250 valence electrons. The van der Waals surface area contributed by atoms with E-state index in [-0.39, 0.29) is 11.1 Å². The maximum Gasteiger partial charge on any atom is 0.194 e. The molecular formula is C40H32F6NO2+. The monoisotopic (exact) mass is 672 g/mol. The number of fused-ring (bicyclic) bond motifs is 7. The van der Waals surface area contributed by atoms with Gasteiger partial charge in [-0.15, -0.1) is 0 Å². The highest BCUT2D eigenvalue weighted by atomic mass is 19.2. The summed E-state index contributed by atoms with van der Waals surface area (Å²) in [5.74, 6) is -8.34. The van der Waals surface area contributed by atoms with Crippen molar-refractivity contribution in [1.29, 1.82) is 0 Å². The van der Waals surface area contributed by atoms with E-state index in [1.165, 1.54) is 0 Å². The van der Waals surface area contributed by atoms with Crippen LogP contribution in [-0.4, -0.2) is 45.0 Å². The molecule has 0 saturated carbocycles. The molecule has 0 amide bonds. The van der Waals surface area contributed by atoms with Gasteiger partial charge < -0.3 is 14.0 Å². The molecule has 3 nitrogen and oxygen atoms in total. The van der Waals surface area contributed by atoms with E-state index in [9.17, 15) is 26.3 Å². The van der Waals surface area contributed by atoms with Crippen LogP contribution >= 0.6 is 0 Å². The van der Waals surface area contributed by atoms with Crippen molar-refractivity contribution >= 4 is 21.5 Å². The topological polar surface area (TPSA) is 18.5 Å². The van der Waals surface area contributed by atoms with Gasteiger partial charge in [0, 0.05) is 36.5 Å². The number of ether oxygens (including phenoxy) is 2. The van der Waals surface area contributed by atoms with Crippen molar-refractivity contribution < 1.29 is 40.3 Å². The van der Waals surface area contributed by atoms with Crippen LogP contribution in [0.5, 0.6) is 0 Å². The smallest absolute Gasteiger partial charge is 0.194 e. The molecule has 6 aromatic carbocycles. The van der Waals surface area contributed by atoms with Crippen molar-refractivity contribution in [3.8, 4) is 33.4 Å². The van der Waals surface area contributed by atoms with Crippen LogP contribution < -0.4 is 0 Å². The van der Waals surface area contributed by atoms with Gasteiger partial charge in [-0.1, -0.05) is 48.5 Å². The molecule has 1 aliphatic rings. The normalized spacial score (nSPS) is 13.8. The Balaban J connectivity index is 1.69. The number of rotatable bonds is 8. The first-order valence-electron chi connectivity index (χ1n) is 15.9. The summed E-state index contributed by atoms with van der Waals surface area (Å²) in [6.07, 6.45) is 0. The van der Waals surface area contributed by atoms with Gasteiger partial charge in [0.2, 0.25) is 0 Å². The minimum absolute atomic E-state index is 0.168. The molecule has 0 fully saturated rings. The summed E-state index contributed by atoms with van der Waals surface area (Å²) in [4.78, 5) is 0. The Morgan fingerprint density at radius 3 is 1.27 bits per heavy atom. The van der Waals surface area contributed by atoms with E-state index >= 15 is 0 Å². The summed E-state index contributed by atoms with van der Waals surface area (Å²) in [6.45, 7) is 2.35. The lowest BCUT2D eigenvalue weighted by Gasteiger charge is -2.39. The zero-order valence-corrected chi connectivity index (χ0v) is 26.9. The number of benzene rings is 6. The van der Waals surface area contributed by atoms with Crippen LogP contribution in [0.15, 0.2) is 84.9 Å². The van der Waals surface area contributed by atoms with Gasteiger partial charge in [0.1, 0.15) is 26.2 Å². The highest BCUT2D eigenvalue weighted by Gasteiger charge is 2.38. The molecule has 1 heterocycles. The number of halogens is 6. The largest absolute Gasteiger partial charge is 0.379 e. The van der Waals surface area contributed by atoms with Gasteiger partial charge in [-0.3, -0.25) is 0 Å². The predicted octanol–water partition coefficient (Wildman–Crippen LogP) is 9.95. The number of methoxy groups -OCH3 is 2. The summed E-state index contributed by atoms with van der Waals surface area (Å²) in [5, 5.41) is 3.24. The van der Waals surface area contributed by atoms with Crippen molar-refractivity contribution in [2.24, 2.45) is 0 Å². The molecule has 0 N–H and O–H groups in total. The van der Waals surface area contributed by atoms with E-state index in [0.29, 0.717) is 55.0 Å². The van der Waals surface area contributed by atoms with E-state index in [0.717, 1.165) is 68.1 Å². The van der Waals surface area contributed by atoms with Gasteiger partial charge in [-0.05, 0) is 80.2 Å².